The summed E-state index contributed by atoms with van der Waals surface area (Å²) in [4.78, 5) is 19.3. The maximum Gasteiger partial charge on any atom is 0.0972 e. The molecule has 0 unspecified atom stereocenters. The number of pyridine rings is 2. The van der Waals surface area contributed by atoms with Crippen molar-refractivity contribution in [1.82, 2.24) is 9.97 Å². The third kappa shape index (κ3) is 4.23. The Morgan fingerprint density at radius 2 is 0.853 bits per heavy atom. The number of fused-ring (bicyclic) bond motifs is 3. The van der Waals surface area contributed by atoms with Crippen molar-refractivity contribution in [2.45, 2.75) is 27.7 Å². The molecule has 0 aliphatic carbocycles. The summed E-state index contributed by atoms with van der Waals surface area (Å²) in [6, 6.07) is 24.7. The van der Waals surface area contributed by atoms with Gasteiger partial charge in [0.2, 0.25) is 0 Å². The van der Waals surface area contributed by atoms with E-state index < -0.39 is 0 Å². The predicted octanol–water partition coefficient (Wildman–Crippen LogP) is 7.52. The molecule has 0 atom stereocenters. The van der Waals surface area contributed by atoms with E-state index in [9.17, 15) is 0 Å². The minimum atomic E-state index is 0.805. The first-order chi connectivity index (χ1) is 16.5. The molecule has 34 heavy (non-hydrogen) atoms. The number of benzene rings is 3. The average molecular weight is 443 g/mol. The molecule has 5 rings (SSSR count). The molecule has 166 valence electrons. The van der Waals surface area contributed by atoms with Crippen LogP contribution >= 0.6 is 0 Å². The number of aromatic nitrogens is 2. The van der Waals surface area contributed by atoms with Gasteiger partial charge in [-0.15, -0.1) is 0 Å². The van der Waals surface area contributed by atoms with Gasteiger partial charge in [0, 0.05) is 10.8 Å². The predicted molar refractivity (Wildman–Crippen MR) is 143 cm³/mol. The molecule has 0 radical (unpaired) electrons. The van der Waals surface area contributed by atoms with Crippen molar-refractivity contribution in [2.24, 2.45) is 9.98 Å². The monoisotopic (exact) mass is 442 g/mol. The topological polar surface area (TPSA) is 50.5 Å². The third-order valence-corrected chi connectivity index (χ3v) is 6.09. The van der Waals surface area contributed by atoms with Gasteiger partial charge in [-0.25, -0.2) is 9.97 Å². The van der Waals surface area contributed by atoms with Gasteiger partial charge < -0.3 is 0 Å². The van der Waals surface area contributed by atoms with Crippen molar-refractivity contribution in [3.8, 4) is 0 Å². The highest BCUT2D eigenvalue weighted by Crippen LogP contribution is 2.26. The van der Waals surface area contributed by atoms with Crippen LogP contribution in [0.4, 0.5) is 11.4 Å². The Hall–Kier alpha value is -4.18. The molecule has 0 fully saturated rings. The first-order valence-corrected chi connectivity index (χ1v) is 11.4. The van der Waals surface area contributed by atoms with E-state index >= 15 is 0 Å². The van der Waals surface area contributed by atoms with Crippen LogP contribution < -0.4 is 0 Å². The lowest BCUT2D eigenvalue weighted by Crippen LogP contribution is -1.94. The maximum absolute atomic E-state index is 4.91. The molecule has 0 amide bonds. The van der Waals surface area contributed by atoms with E-state index in [1.165, 1.54) is 0 Å². The van der Waals surface area contributed by atoms with Gasteiger partial charge in [0.05, 0.1) is 46.2 Å². The van der Waals surface area contributed by atoms with Gasteiger partial charge in [0.1, 0.15) is 0 Å². The second-order valence-electron chi connectivity index (χ2n) is 8.68. The van der Waals surface area contributed by atoms with Gasteiger partial charge in [-0.3, -0.25) is 9.98 Å². The minimum Gasteiger partial charge on any atom is -0.254 e. The van der Waals surface area contributed by atoms with Crippen LogP contribution in [0.15, 0.2) is 82.8 Å². The van der Waals surface area contributed by atoms with Crippen molar-refractivity contribution in [3.05, 3.63) is 106 Å². The third-order valence-electron chi connectivity index (χ3n) is 6.09. The Kier molecular flexibility index (Phi) is 5.72. The Morgan fingerprint density at radius 1 is 0.500 bits per heavy atom. The largest absolute Gasteiger partial charge is 0.254 e. The highest BCUT2D eigenvalue weighted by molar-refractivity contribution is 6.04. The Balaban J connectivity index is 1.56. The summed E-state index contributed by atoms with van der Waals surface area (Å²) in [7, 11) is 0. The molecule has 0 bridgehead atoms. The number of aryl methyl sites for hydroxylation is 4. The molecule has 0 aliphatic heterocycles. The summed E-state index contributed by atoms with van der Waals surface area (Å²) < 4.78 is 0. The zero-order chi connectivity index (χ0) is 23.7. The van der Waals surface area contributed by atoms with Crippen LogP contribution in [-0.2, 0) is 0 Å². The second-order valence-corrected chi connectivity index (χ2v) is 8.68. The van der Waals surface area contributed by atoms with Gasteiger partial charge in [-0.05, 0) is 62.1 Å². The molecule has 4 heteroatoms. The van der Waals surface area contributed by atoms with Gasteiger partial charge in [0.15, 0.2) is 0 Å². The van der Waals surface area contributed by atoms with Gasteiger partial charge >= 0.3 is 0 Å². The van der Waals surface area contributed by atoms with Crippen molar-refractivity contribution in [3.63, 3.8) is 0 Å². The fraction of sp³-hybridized carbons (Fsp3) is 0.133. The lowest BCUT2D eigenvalue weighted by atomic mass is 10.1. The van der Waals surface area contributed by atoms with Gasteiger partial charge in [-0.2, -0.15) is 0 Å². The number of nitrogens with zero attached hydrogens (tertiary/aromatic N) is 4. The van der Waals surface area contributed by atoms with E-state index in [2.05, 4.69) is 88.4 Å². The summed E-state index contributed by atoms with van der Waals surface area (Å²) in [5.74, 6) is 0. The number of para-hydroxylation sites is 2. The molecule has 0 N–H and O–H groups in total. The smallest absolute Gasteiger partial charge is 0.0972 e. The average Bonchev–Trinajstić information content (AvgIpc) is 2.83. The summed E-state index contributed by atoms with van der Waals surface area (Å²) >= 11 is 0. The standard InChI is InChI=1S/C30H26N4/c1-19-7-5-8-20(2)27(19)31-17-25-15-13-23-11-12-24-14-16-26(34-30(24)29(23)33-25)18-32-28-21(3)9-6-10-22(28)4/h5-18H,1-4H3. The zero-order valence-corrected chi connectivity index (χ0v) is 19.9. The van der Waals surface area contributed by atoms with Crippen LogP contribution in [0, 0.1) is 27.7 Å². The van der Waals surface area contributed by atoms with E-state index in [1.54, 1.807) is 0 Å². The fourth-order valence-corrected chi connectivity index (χ4v) is 4.22. The minimum absolute atomic E-state index is 0.805. The van der Waals surface area contributed by atoms with Crippen LogP contribution in [0.3, 0.4) is 0 Å². The van der Waals surface area contributed by atoms with Crippen molar-refractivity contribution in [2.75, 3.05) is 0 Å². The van der Waals surface area contributed by atoms with Crippen molar-refractivity contribution < 1.29 is 0 Å². The molecule has 0 saturated carbocycles. The van der Waals surface area contributed by atoms with E-state index in [4.69, 9.17) is 20.0 Å². The highest BCUT2D eigenvalue weighted by Gasteiger charge is 2.07. The maximum atomic E-state index is 4.91. The van der Waals surface area contributed by atoms with Crippen LogP contribution in [0.25, 0.3) is 21.8 Å². The molecule has 0 aliphatic rings. The van der Waals surface area contributed by atoms with Crippen LogP contribution in [0.5, 0.6) is 0 Å². The molecular weight excluding hydrogens is 416 g/mol. The van der Waals surface area contributed by atoms with Crippen LogP contribution in [0.1, 0.15) is 33.6 Å². The number of rotatable bonds is 4. The molecule has 2 heterocycles. The lowest BCUT2D eigenvalue weighted by molar-refractivity contribution is 1.31. The molecular formula is C30H26N4. The van der Waals surface area contributed by atoms with Crippen LogP contribution in [-0.4, -0.2) is 22.4 Å². The quantitative estimate of drug-likeness (QED) is 0.213. The van der Waals surface area contributed by atoms with Crippen molar-refractivity contribution in [1.29, 1.82) is 0 Å². The molecule has 2 aromatic heterocycles. The zero-order valence-electron chi connectivity index (χ0n) is 19.9. The van der Waals surface area contributed by atoms with Gasteiger partial charge in [0.25, 0.3) is 0 Å². The first kappa shape index (κ1) is 21.7. The second kappa shape index (κ2) is 8.99. The number of aliphatic imine (C=N–C) groups is 2. The van der Waals surface area contributed by atoms with E-state index in [-0.39, 0.29) is 0 Å². The molecule has 4 nitrogen and oxygen atoms in total. The Bertz CT molecular complexity index is 1430. The van der Waals surface area contributed by atoms with Crippen LogP contribution in [0.2, 0.25) is 0 Å². The van der Waals surface area contributed by atoms with E-state index in [0.717, 1.165) is 66.8 Å². The van der Waals surface area contributed by atoms with E-state index in [0.29, 0.717) is 0 Å². The normalized spacial score (nSPS) is 11.9. The summed E-state index contributed by atoms with van der Waals surface area (Å²) in [6.45, 7) is 8.30. The van der Waals surface area contributed by atoms with Crippen molar-refractivity contribution >= 4 is 45.6 Å². The highest BCUT2D eigenvalue weighted by atomic mass is 14.8. The summed E-state index contributed by atoms with van der Waals surface area (Å²) in [6.07, 6.45) is 3.67. The summed E-state index contributed by atoms with van der Waals surface area (Å²) in [5.41, 5.74) is 9.92. The SMILES string of the molecule is Cc1cccc(C)c1N=Cc1ccc2ccc3ccc(C=Nc4c(C)cccc4C)nc3c2n1. The summed E-state index contributed by atoms with van der Waals surface area (Å²) in [5, 5.41) is 2.10. The fourth-order valence-electron chi connectivity index (χ4n) is 4.22. The Labute approximate surface area is 199 Å². The van der Waals surface area contributed by atoms with Gasteiger partial charge in [-0.1, -0.05) is 60.7 Å². The number of hydrogen-bond donors (Lipinski definition) is 0. The van der Waals surface area contributed by atoms with E-state index in [1.807, 2.05) is 24.6 Å². The molecule has 0 saturated heterocycles. The lowest BCUT2D eigenvalue weighted by Gasteiger charge is -2.06. The first-order valence-electron chi connectivity index (χ1n) is 11.4. The Morgan fingerprint density at radius 3 is 1.24 bits per heavy atom. The molecule has 5 aromatic rings. The molecule has 0 spiro atoms. The molecule has 3 aromatic carbocycles. The number of hydrogen-bond acceptors (Lipinski definition) is 4.